The third-order valence-corrected chi connectivity index (χ3v) is 4.26. The highest BCUT2D eigenvalue weighted by atomic mass is 17.2. The normalized spacial score (nSPS) is 15.5. The number of aliphatic hydroxyl groups is 1. The van der Waals surface area contributed by atoms with Gasteiger partial charge in [-0.2, -0.15) is 0 Å². The van der Waals surface area contributed by atoms with Crippen LogP contribution in [0.5, 0.6) is 5.75 Å². The molecule has 0 radical (unpaired) electrons. The van der Waals surface area contributed by atoms with Gasteiger partial charge in [0, 0.05) is 18.2 Å². The number of nitrogens with zero attached hydrogens (tertiary/aromatic N) is 1. The smallest absolute Gasteiger partial charge is 0.185 e. The molecule has 4 nitrogen and oxygen atoms in total. The molecule has 0 amide bonds. The van der Waals surface area contributed by atoms with Gasteiger partial charge in [-0.3, -0.25) is 14.7 Å². The summed E-state index contributed by atoms with van der Waals surface area (Å²) in [7, 11) is 2.02. The van der Waals surface area contributed by atoms with Crippen molar-refractivity contribution in [2.45, 2.75) is 19.1 Å². The Morgan fingerprint density at radius 1 is 1.09 bits per heavy atom. The summed E-state index contributed by atoms with van der Waals surface area (Å²) >= 11 is 0. The number of hydrogen-bond acceptors (Lipinski definition) is 4. The zero-order valence-electron chi connectivity index (χ0n) is 13.3. The van der Waals surface area contributed by atoms with Gasteiger partial charge >= 0.3 is 0 Å². The van der Waals surface area contributed by atoms with Crippen molar-refractivity contribution in [1.29, 1.82) is 0 Å². The molecule has 0 fully saturated rings. The van der Waals surface area contributed by atoms with Crippen molar-refractivity contribution in [1.82, 2.24) is 4.90 Å². The fraction of sp³-hybridized carbons (Fsp3) is 0.263. The van der Waals surface area contributed by atoms with Crippen LogP contribution in [0.2, 0.25) is 0 Å². The second kappa shape index (κ2) is 6.86. The molecule has 0 spiro atoms. The molecule has 1 aliphatic rings. The number of likely N-dealkylation sites (N-methyl/N-ethyl adjacent to an activating group) is 1. The van der Waals surface area contributed by atoms with Gasteiger partial charge in [0.2, 0.25) is 0 Å². The van der Waals surface area contributed by atoms with Gasteiger partial charge in [0.1, 0.15) is 6.26 Å². The molecule has 0 saturated heterocycles. The minimum absolute atomic E-state index is 0.236. The zero-order chi connectivity index (χ0) is 16.2. The lowest BCUT2D eigenvalue weighted by Crippen LogP contribution is -2.27. The number of benzene rings is 2. The van der Waals surface area contributed by atoms with Crippen LogP contribution in [-0.2, 0) is 4.89 Å². The van der Waals surface area contributed by atoms with Crippen LogP contribution in [0.3, 0.4) is 0 Å². The first-order chi connectivity index (χ1) is 11.1. The monoisotopic (exact) mass is 311 g/mol. The van der Waals surface area contributed by atoms with Crippen molar-refractivity contribution in [2.24, 2.45) is 0 Å². The van der Waals surface area contributed by atoms with Crippen molar-refractivity contribution in [3.63, 3.8) is 0 Å². The molecule has 120 valence electrons. The van der Waals surface area contributed by atoms with Crippen LogP contribution in [-0.4, -0.2) is 23.6 Å². The van der Waals surface area contributed by atoms with E-state index in [1.54, 1.807) is 0 Å². The molecule has 1 N–H and O–H groups in total. The molecule has 4 heteroatoms. The molecule has 1 aliphatic heterocycles. The molecule has 2 atom stereocenters. The maximum Gasteiger partial charge on any atom is 0.185 e. The van der Waals surface area contributed by atoms with Crippen LogP contribution in [0.1, 0.15) is 35.8 Å². The quantitative estimate of drug-likeness (QED) is 0.855. The molecular formula is C19H21NO3. The topological polar surface area (TPSA) is 41.9 Å². The van der Waals surface area contributed by atoms with E-state index in [0.717, 1.165) is 11.1 Å². The molecule has 3 rings (SSSR count). The lowest BCUT2D eigenvalue weighted by atomic mass is 10.0. The second-order valence-electron chi connectivity index (χ2n) is 5.82. The van der Waals surface area contributed by atoms with Crippen molar-refractivity contribution < 1.29 is 14.9 Å². The Bertz CT molecular complexity index is 684. The largest absolute Gasteiger partial charge is 0.387 e. The summed E-state index contributed by atoms with van der Waals surface area (Å²) < 4.78 is 0. The maximum absolute atomic E-state index is 10.6. The van der Waals surface area contributed by atoms with E-state index in [4.69, 9.17) is 9.78 Å². The van der Waals surface area contributed by atoms with Gasteiger partial charge in [-0.25, -0.2) is 0 Å². The van der Waals surface area contributed by atoms with Gasteiger partial charge in [0.15, 0.2) is 5.75 Å². The van der Waals surface area contributed by atoms with Crippen LogP contribution in [0.25, 0.3) is 6.08 Å². The minimum Gasteiger partial charge on any atom is -0.387 e. The van der Waals surface area contributed by atoms with Crippen LogP contribution in [0.15, 0.2) is 54.8 Å². The highest BCUT2D eigenvalue weighted by Gasteiger charge is 2.18. The van der Waals surface area contributed by atoms with E-state index in [9.17, 15) is 5.11 Å². The van der Waals surface area contributed by atoms with Crippen molar-refractivity contribution in [2.75, 3.05) is 13.6 Å². The summed E-state index contributed by atoms with van der Waals surface area (Å²) in [6, 6.07) is 16.1. The van der Waals surface area contributed by atoms with E-state index in [1.807, 2.05) is 49.5 Å². The van der Waals surface area contributed by atoms with Gasteiger partial charge in [-0.05, 0) is 43.3 Å². The van der Waals surface area contributed by atoms with Crippen LogP contribution >= 0.6 is 0 Å². The molecule has 0 aliphatic carbocycles. The summed E-state index contributed by atoms with van der Waals surface area (Å²) in [4.78, 5) is 12.0. The van der Waals surface area contributed by atoms with E-state index < -0.39 is 6.10 Å². The Hall–Kier alpha value is -2.30. The first-order valence-corrected chi connectivity index (χ1v) is 7.72. The van der Waals surface area contributed by atoms with Crippen LogP contribution in [0, 0.1) is 0 Å². The Labute approximate surface area is 136 Å². The predicted octanol–water partition coefficient (Wildman–Crippen LogP) is 3.71. The van der Waals surface area contributed by atoms with E-state index in [-0.39, 0.29) is 6.04 Å². The highest BCUT2D eigenvalue weighted by Crippen LogP contribution is 2.28. The van der Waals surface area contributed by atoms with Gasteiger partial charge in [0.25, 0.3) is 0 Å². The Kier molecular flexibility index (Phi) is 4.65. The van der Waals surface area contributed by atoms with E-state index in [1.165, 1.54) is 11.8 Å². The average molecular weight is 311 g/mol. The maximum atomic E-state index is 10.6. The summed E-state index contributed by atoms with van der Waals surface area (Å²) in [5, 5.41) is 10.6. The Balaban J connectivity index is 1.69. The van der Waals surface area contributed by atoms with E-state index >= 15 is 0 Å². The Morgan fingerprint density at radius 3 is 2.65 bits per heavy atom. The summed E-state index contributed by atoms with van der Waals surface area (Å²) in [5.74, 6) is 0.662. The zero-order valence-corrected chi connectivity index (χ0v) is 13.3. The number of rotatable bonds is 5. The number of aliphatic hydroxyl groups excluding tert-OH is 1. The van der Waals surface area contributed by atoms with Gasteiger partial charge in [-0.15, -0.1) is 0 Å². The van der Waals surface area contributed by atoms with Crippen molar-refractivity contribution >= 4 is 6.08 Å². The summed E-state index contributed by atoms with van der Waals surface area (Å²) in [6.45, 7) is 2.69. The first-order valence-electron chi connectivity index (χ1n) is 7.72. The van der Waals surface area contributed by atoms with Crippen molar-refractivity contribution in [3.8, 4) is 5.75 Å². The molecule has 0 bridgehead atoms. The molecule has 0 saturated carbocycles. The molecule has 2 aromatic carbocycles. The van der Waals surface area contributed by atoms with Gasteiger partial charge in [0.05, 0.1) is 6.10 Å². The number of fused-ring (bicyclic) bond motifs is 1. The third-order valence-electron chi connectivity index (χ3n) is 4.26. The van der Waals surface area contributed by atoms with Crippen LogP contribution in [0.4, 0.5) is 0 Å². The molecule has 2 aromatic rings. The Morgan fingerprint density at radius 2 is 1.87 bits per heavy atom. The fourth-order valence-corrected chi connectivity index (χ4v) is 2.68. The lowest BCUT2D eigenvalue weighted by molar-refractivity contribution is -0.151. The fourth-order valence-electron chi connectivity index (χ4n) is 2.68. The number of hydrogen-bond donors (Lipinski definition) is 1. The second-order valence-corrected chi connectivity index (χ2v) is 5.82. The molecule has 0 aromatic heterocycles. The van der Waals surface area contributed by atoms with Gasteiger partial charge in [-0.1, -0.05) is 36.4 Å². The molecule has 2 unspecified atom stereocenters. The van der Waals surface area contributed by atoms with Crippen LogP contribution < -0.4 is 4.89 Å². The summed E-state index contributed by atoms with van der Waals surface area (Å²) in [5.41, 5.74) is 3.01. The summed E-state index contributed by atoms with van der Waals surface area (Å²) in [6.07, 6.45) is 2.75. The molecule has 23 heavy (non-hydrogen) atoms. The first kappa shape index (κ1) is 15.6. The predicted molar refractivity (Wildman–Crippen MR) is 89.6 cm³/mol. The highest BCUT2D eigenvalue weighted by molar-refractivity contribution is 5.58. The van der Waals surface area contributed by atoms with E-state index in [0.29, 0.717) is 12.3 Å². The van der Waals surface area contributed by atoms with Gasteiger partial charge < -0.3 is 5.11 Å². The van der Waals surface area contributed by atoms with E-state index in [2.05, 4.69) is 24.0 Å². The molecular weight excluding hydrogens is 290 g/mol. The van der Waals surface area contributed by atoms with Crippen molar-refractivity contribution in [3.05, 3.63) is 71.5 Å². The lowest BCUT2D eigenvalue weighted by Gasteiger charge is -2.27. The minimum atomic E-state index is -0.562. The standard InChI is InChI=1S/C19H21NO3/c1-14(15-6-4-3-5-7-15)20(2)13-18(21)16-8-9-19-17(12-16)10-11-22-23-19/h3-12,14,18,21H,13H2,1-2H3. The SMILES string of the molecule is CC(c1ccccc1)N(C)CC(O)c1ccc2c(c1)C=COO2. The third kappa shape index (κ3) is 3.55. The average Bonchev–Trinajstić information content (AvgIpc) is 2.61. The molecule has 1 heterocycles.